The predicted octanol–water partition coefficient (Wildman–Crippen LogP) is -0.255. The molecular weight excluding hydrogens is 258 g/mol. The maximum Gasteiger partial charge on any atom is 0.242 e. The van der Waals surface area contributed by atoms with Crippen LogP contribution in [0.3, 0.4) is 0 Å². The number of nitrogens with two attached hydrogens (primary N) is 1. The molecule has 20 heavy (non-hydrogen) atoms. The second-order valence-electron chi connectivity index (χ2n) is 5.14. The number of anilines is 3. The van der Waals surface area contributed by atoms with Crippen LogP contribution in [-0.4, -0.2) is 46.5 Å². The number of rotatable bonds is 3. The average Bonchev–Trinajstić information content (AvgIpc) is 2.95. The molecule has 1 aromatic heterocycles. The molecule has 0 spiro atoms. The predicted molar refractivity (Wildman–Crippen MR) is 75.3 cm³/mol. The molecule has 1 unspecified atom stereocenters. The minimum atomic E-state index is -0.294. The molecule has 8 heteroatoms. The van der Waals surface area contributed by atoms with E-state index in [0.29, 0.717) is 11.9 Å². The molecule has 2 saturated heterocycles. The molecule has 108 valence electrons. The van der Waals surface area contributed by atoms with Gasteiger partial charge >= 0.3 is 0 Å². The molecule has 8 nitrogen and oxygen atoms in total. The van der Waals surface area contributed by atoms with Gasteiger partial charge in [0.05, 0.1) is 0 Å². The van der Waals surface area contributed by atoms with E-state index in [0.717, 1.165) is 45.3 Å². The number of amides is 1. The Kier molecular flexibility index (Phi) is 3.53. The van der Waals surface area contributed by atoms with Crippen molar-refractivity contribution in [3.8, 4) is 0 Å². The highest BCUT2D eigenvalue weighted by Crippen LogP contribution is 2.18. The summed E-state index contributed by atoms with van der Waals surface area (Å²) in [6, 6.07) is -0.294. The first-order valence-corrected chi connectivity index (χ1v) is 7.03. The van der Waals surface area contributed by atoms with Crippen LogP contribution in [0.25, 0.3) is 0 Å². The van der Waals surface area contributed by atoms with E-state index >= 15 is 0 Å². The number of nitrogen functional groups attached to an aromatic ring is 1. The van der Waals surface area contributed by atoms with E-state index < -0.39 is 0 Å². The van der Waals surface area contributed by atoms with Crippen LogP contribution in [0.5, 0.6) is 0 Å². The lowest BCUT2D eigenvalue weighted by Crippen LogP contribution is -2.44. The summed E-state index contributed by atoms with van der Waals surface area (Å²) in [5.41, 5.74) is 5.74. The lowest BCUT2D eigenvalue weighted by atomic mass is 10.1. The number of hydrogen-bond acceptors (Lipinski definition) is 7. The van der Waals surface area contributed by atoms with Crippen LogP contribution >= 0.6 is 0 Å². The Hall–Kier alpha value is -2.12. The lowest BCUT2D eigenvalue weighted by molar-refractivity contribution is -0.123. The molecule has 0 saturated carbocycles. The fraction of sp³-hybridized carbons (Fsp3) is 0.667. The molecule has 4 N–H and O–H groups in total. The second kappa shape index (κ2) is 5.48. The van der Waals surface area contributed by atoms with Crippen LogP contribution in [0.2, 0.25) is 0 Å². The quantitative estimate of drug-likeness (QED) is 0.698. The Balaban J connectivity index is 1.76. The highest BCUT2D eigenvalue weighted by Gasteiger charge is 2.23. The monoisotopic (exact) mass is 277 g/mol. The molecule has 1 amide bonds. The van der Waals surface area contributed by atoms with Gasteiger partial charge in [0, 0.05) is 19.6 Å². The van der Waals surface area contributed by atoms with Crippen molar-refractivity contribution >= 4 is 23.8 Å². The fourth-order valence-electron chi connectivity index (χ4n) is 2.57. The van der Waals surface area contributed by atoms with Crippen LogP contribution in [0.15, 0.2) is 0 Å². The molecule has 0 aromatic carbocycles. The molecule has 0 aliphatic carbocycles. The van der Waals surface area contributed by atoms with E-state index in [9.17, 15) is 4.79 Å². The molecule has 1 aromatic rings. The number of carbonyl (C=O) groups excluding carboxylic acids is 1. The molecule has 0 radical (unpaired) electrons. The number of nitrogens with one attached hydrogen (secondary N) is 2. The van der Waals surface area contributed by atoms with Gasteiger partial charge < -0.3 is 21.3 Å². The Bertz CT molecular complexity index is 501. The van der Waals surface area contributed by atoms with Gasteiger partial charge in [-0.1, -0.05) is 0 Å². The number of carbonyl (C=O) groups is 1. The average molecular weight is 277 g/mol. The normalized spacial score (nSPS) is 22.7. The third-order valence-electron chi connectivity index (χ3n) is 3.62. The summed E-state index contributed by atoms with van der Waals surface area (Å²) >= 11 is 0. The van der Waals surface area contributed by atoms with Crippen molar-refractivity contribution in [1.29, 1.82) is 0 Å². The van der Waals surface area contributed by atoms with Crippen molar-refractivity contribution in [3.63, 3.8) is 0 Å². The lowest BCUT2D eigenvalue weighted by Gasteiger charge is -2.23. The van der Waals surface area contributed by atoms with Crippen molar-refractivity contribution in [2.45, 2.75) is 31.7 Å². The van der Waals surface area contributed by atoms with Crippen LogP contribution in [0, 0.1) is 0 Å². The Labute approximate surface area is 117 Å². The maximum absolute atomic E-state index is 11.7. The second-order valence-corrected chi connectivity index (χ2v) is 5.14. The molecule has 3 heterocycles. The van der Waals surface area contributed by atoms with Gasteiger partial charge in [-0.3, -0.25) is 4.79 Å². The minimum absolute atomic E-state index is 0.0158. The number of piperidine rings is 1. The van der Waals surface area contributed by atoms with Gasteiger partial charge in [-0.25, -0.2) is 0 Å². The Morgan fingerprint density at radius 2 is 2.00 bits per heavy atom. The van der Waals surface area contributed by atoms with E-state index in [1.807, 2.05) is 0 Å². The molecule has 0 bridgehead atoms. The molecule has 1 atom stereocenters. The van der Waals surface area contributed by atoms with Crippen LogP contribution in [0.4, 0.5) is 17.8 Å². The molecule has 3 rings (SSSR count). The van der Waals surface area contributed by atoms with Crippen molar-refractivity contribution in [2.24, 2.45) is 0 Å². The standard InChI is InChI=1S/C12H19N7O/c13-10-16-11(15-8-4-3-5-14-9(8)20)18-12(17-10)19-6-1-2-7-19/h8H,1-7H2,(H,14,20)(H3,13,15,16,17,18). The zero-order chi connectivity index (χ0) is 13.9. The van der Waals surface area contributed by atoms with Crippen molar-refractivity contribution < 1.29 is 4.79 Å². The van der Waals surface area contributed by atoms with Gasteiger partial charge in [-0.15, -0.1) is 0 Å². The fourth-order valence-corrected chi connectivity index (χ4v) is 2.57. The van der Waals surface area contributed by atoms with Crippen molar-refractivity contribution in [3.05, 3.63) is 0 Å². The summed E-state index contributed by atoms with van der Waals surface area (Å²) in [6.45, 7) is 2.61. The Morgan fingerprint density at radius 1 is 1.20 bits per heavy atom. The molecular formula is C12H19N7O. The van der Waals surface area contributed by atoms with E-state index in [2.05, 4.69) is 30.5 Å². The number of hydrogen-bond donors (Lipinski definition) is 3. The summed E-state index contributed by atoms with van der Waals surface area (Å²) in [6.07, 6.45) is 4.00. The first kappa shape index (κ1) is 12.9. The van der Waals surface area contributed by atoms with Gasteiger partial charge in [-0.05, 0) is 25.7 Å². The molecule has 2 fully saturated rings. The van der Waals surface area contributed by atoms with Gasteiger partial charge in [0.1, 0.15) is 6.04 Å². The van der Waals surface area contributed by atoms with Gasteiger partial charge in [0.15, 0.2) is 0 Å². The maximum atomic E-state index is 11.7. The minimum Gasteiger partial charge on any atom is -0.368 e. The highest BCUT2D eigenvalue weighted by molar-refractivity contribution is 5.84. The zero-order valence-corrected chi connectivity index (χ0v) is 11.3. The van der Waals surface area contributed by atoms with E-state index in [1.165, 1.54) is 0 Å². The van der Waals surface area contributed by atoms with Crippen LogP contribution < -0.4 is 21.3 Å². The largest absolute Gasteiger partial charge is 0.368 e. The van der Waals surface area contributed by atoms with Crippen molar-refractivity contribution in [1.82, 2.24) is 20.3 Å². The highest BCUT2D eigenvalue weighted by atomic mass is 16.2. The van der Waals surface area contributed by atoms with Gasteiger partial charge in [0.2, 0.25) is 23.8 Å². The Morgan fingerprint density at radius 3 is 2.75 bits per heavy atom. The summed E-state index contributed by atoms with van der Waals surface area (Å²) in [7, 11) is 0. The molecule has 2 aliphatic rings. The van der Waals surface area contributed by atoms with Crippen molar-refractivity contribution in [2.75, 3.05) is 35.6 Å². The number of aromatic nitrogens is 3. The summed E-state index contributed by atoms with van der Waals surface area (Å²) in [4.78, 5) is 26.4. The molecule has 2 aliphatic heterocycles. The smallest absolute Gasteiger partial charge is 0.242 e. The van der Waals surface area contributed by atoms with E-state index in [-0.39, 0.29) is 17.9 Å². The van der Waals surface area contributed by atoms with Gasteiger partial charge in [0.25, 0.3) is 0 Å². The first-order valence-electron chi connectivity index (χ1n) is 7.03. The van der Waals surface area contributed by atoms with E-state index in [1.54, 1.807) is 0 Å². The summed E-state index contributed by atoms with van der Waals surface area (Å²) in [5, 5.41) is 5.88. The first-order chi connectivity index (χ1) is 9.72. The number of nitrogens with zero attached hydrogens (tertiary/aromatic N) is 4. The third kappa shape index (κ3) is 2.73. The summed E-state index contributed by atoms with van der Waals surface area (Å²) in [5.74, 6) is 1.13. The summed E-state index contributed by atoms with van der Waals surface area (Å²) < 4.78 is 0. The zero-order valence-electron chi connectivity index (χ0n) is 11.3. The van der Waals surface area contributed by atoms with Crippen LogP contribution in [-0.2, 0) is 4.79 Å². The van der Waals surface area contributed by atoms with Gasteiger partial charge in [-0.2, -0.15) is 15.0 Å². The van der Waals surface area contributed by atoms with E-state index in [4.69, 9.17) is 5.73 Å². The third-order valence-corrected chi connectivity index (χ3v) is 3.62. The van der Waals surface area contributed by atoms with Crippen LogP contribution in [0.1, 0.15) is 25.7 Å². The SMILES string of the molecule is Nc1nc(NC2CCCNC2=O)nc(N2CCCC2)n1. The topological polar surface area (TPSA) is 109 Å².